The maximum atomic E-state index is 12.3. The van der Waals surface area contributed by atoms with Crippen LogP contribution in [-0.2, 0) is 4.79 Å². The second kappa shape index (κ2) is 10.6. The largest absolute Gasteiger partial charge is 0.494 e. The first-order valence-electron chi connectivity index (χ1n) is 9.70. The summed E-state index contributed by atoms with van der Waals surface area (Å²) < 4.78 is 5.64. The third-order valence-corrected chi connectivity index (χ3v) is 4.99. The topological polar surface area (TPSA) is 64.1 Å². The normalized spacial score (nSPS) is 10.6. The summed E-state index contributed by atoms with van der Waals surface area (Å²) in [5.41, 5.74) is 3.51. The molecule has 0 aliphatic heterocycles. The van der Waals surface area contributed by atoms with Crippen LogP contribution in [0.15, 0.2) is 65.8 Å². The van der Waals surface area contributed by atoms with Crippen molar-refractivity contribution in [2.45, 2.75) is 31.8 Å². The fourth-order valence-corrected chi connectivity index (χ4v) is 3.36. The highest BCUT2D eigenvalue weighted by Crippen LogP contribution is 2.22. The molecule has 0 aliphatic carbocycles. The summed E-state index contributed by atoms with van der Waals surface area (Å²) in [5.74, 6) is 0.959. The average Bonchev–Trinajstić information content (AvgIpc) is 2.74. The lowest BCUT2D eigenvalue weighted by Gasteiger charge is -2.08. The van der Waals surface area contributed by atoms with Gasteiger partial charge in [0, 0.05) is 16.9 Å². The van der Waals surface area contributed by atoms with Gasteiger partial charge in [-0.2, -0.15) is 0 Å². The Labute approximate surface area is 175 Å². The number of carbonyl (C=O) groups excluding carboxylic acids is 1. The van der Waals surface area contributed by atoms with Gasteiger partial charge in [0.2, 0.25) is 5.91 Å². The number of unbranched alkanes of at least 4 members (excludes halogenated alkanes) is 1. The van der Waals surface area contributed by atoms with Gasteiger partial charge in [-0.05, 0) is 43.7 Å². The Morgan fingerprint density at radius 1 is 1.07 bits per heavy atom. The van der Waals surface area contributed by atoms with Gasteiger partial charge >= 0.3 is 0 Å². The summed E-state index contributed by atoms with van der Waals surface area (Å²) in [4.78, 5) is 21.3. The van der Waals surface area contributed by atoms with Crippen molar-refractivity contribution < 1.29 is 9.53 Å². The number of carbonyl (C=O) groups is 1. The van der Waals surface area contributed by atoms with Crippen LogP contribution in [0.1, 0.15) is 25.5 Å². The van der Waals surface area contributed by atoms with Crippen molar-refractivity contribution in [3.8, 4) is 17.0 Å². The van der Waals surface area contributed by atoms with Crippen LogP contribution >= 0.6 is 11.8 Å². The molecule has 0 spiro atoms. The zero-order valence-electron chi connectivity index (χ0n) is 16.7. The van der Waals surface area contributed by atoms with Crippen LogP contribution in [0.2, 0.25) is 0 Å². The maximum Gasteiger partial charge on any atom is 0.234 e. The van der Waals surface area contributed by atoms with Gasteiger partial charge < -0.3 is 10.1 Å². The van der Waals surface area contributed by atoms with Crippen molar-refractivity contribution in [3.05, 3.63) is 66.4 Å². The summed E-state index contributed by atoms with van der Waals surface area (Å²) in [6.07, 6.45) is 2.13. The molecule has 6 heteroatoms. The number of hydrogen-bond donors (Lipinski definition) is 1. The Kier molecular flexibility index (Phi) is 7.64. The third-order valence-electron chi connectivity index (χ3n) is 4.14. The number of anilines is 1. The van der Waals surface area contributed by atoms with E-state index in [4.69, 9.17) is 4.74 Å². The lowest BCUT2D eigenvalue weighted by molar-refractivity contribution is -0.113. The number of thioether (sulfide) groups is 1. The number of aryl methyl sites for hydroxylation is 1. The van der Waals surface area contributed by atoms with E-state index in [2.05, 4.69) is 22.2 Å². The minimum atomic E-state index is -0.0963. The van der Waals surface area contributed by atoms with Gasteiger partial charge in [-0.25, -0.2) is 9.97 Å². The second-order valence-corrected chi connectivity index (χ2v) is 7.55. The van der Waals surface area contributed by atoms with Crippen molar-refractivity contribution in [2.75, 3.05) is 17.7 Å². The van der Waals surface area contributed by atoms with Crippen LogP contribution < -0.4 is 10.1 Å². The minimum Gasteiger partial charge on any atom is -0.494 e. The zero-order chi connectivity index (χ0) is 20.5. The van der Waals surface area contributed by atoms with Gasteiger partial charge in [0.1, 0.15) is 5.75 Å². The second-order valence-electron chi connectivity index (χ2n) is 6.61. The molecule has 0 aliphatic rings. The van der Waals surface area contributed by atoms with Crippen molar-refractivity contribution in [3.63, 3.8) is 0 Å². The molecule has 2 aromatic carbocycles. The number of rotatable bonds is 9. The molecule has 0 atom stereocenters. The molecule has 150 valence electrons. The fraction of sp³-hybridized carbons (Fsp3) is 0.261. The standard InChI is InChI=1S/C23H25N3O2S/c1-3-4-14-28-20-12-10-19(11-13-20)25-22(27)16-29-23-24-17(2)15-21(26-23)18-8-6-5-7-9-18/h5-13,15H,3-4,14,16H2,1-2H3,(H,25,27). The van der Waals surface area contributed by atoms with E-state index in [-0.39, 0.29) is 11.7 Å². The monoisotopic (exact) mass is 407 g/mol. The van der Waals surface area contributed by atoms with E-state index in [1.165, 1.54) is 11.8 Å². The van der Waals surface area contributed by atoms with Gasteiger partial charge in [0.15, 0.2) is 5.16 Å². The van der Waals surface area contributed by atoms with E-state index >= 15 is 0 Å². The fourth-order valence-electron chi connectivity index (χ4n) is 2.66. The number of nitrogens with one attached hydrogen (secondary N) is 1. The van der Waals surface area contributed by atoms with E-state index < -0.39 is 0 Å². The van der Waals surface area contributed by atoms with Crippen molar-refractivity contribution >= 4 is 23.4 Å². The minimum absolute atomic E-state index is 0.0963. The highest BCUT2D eigenvalue weighted by molar-refractivity contribution is 7.99. The number of benzene rings is 2. The number of ether oxygens (including phenoxy) is 1. The first-order chi connectivity index (χ1) is 14.1. The summed E-state index contributed by atoms with van der Waals surface area (Å²) in [6, 6.07) is 19.3. The smallest absolute Gasteiger partial charge is 0.234 e. The summed E-state index contributed by atoms with van der Waals surface area (Å²) in [5, 5.41) is 3.49. The molecule has 1 aromatic heterocycles. The molecule has 0 saturated carbocycles. The SMILES string of the molecule is CCCCOc1ccc(NC(=O)CSc2nc(C)cc(-c3ccccc3)n2)cc1. The molecule has 1 N–H and O–H groups in total. The third kappa shape index (κ3) is 6.61. The summed E-state index contributed by atoms with van der Waals surface area (Å²) >= 11 is 1.33. The van der Waals surface area contributed by atoms with E-state index in [0.29, 0.717) is 11.8 Å². The van der Waals surface area contributed by atoms with E-state index in [1.807, 2.05) is 67.6 Å². The number of amides is 1. The average molecular weight is 408 g/mol. The molecule has 0 radical (unpaired) electrons. The molecule has 5 nitrogen and oxygen atoms in total. The van der Waals surface area contributed by atoms with Crippen LogP contribution in [0.3, 0.4) is 0 Å². The Bertz CT molecular complexity index is 931. The first kappa shape index (κ1) is 20.9. The maximum absolute atomic E-state index is 12.3. The van der Waals surface area contributed by atoms with Gasteiger partial charge in [-0.1, -0.05) is 55.4 Å². The Morgan fingerprint density at radius 2 is 1.83 bits per heavy atom. The van der Waals surface area contributed by atoms with Crippen molar-refractivity contribution in [2.24, 2.45) is 0 Å². The van der Waals surface area contributed by atoms with Gasteiger partial charge in [0.25, 0.3) is 0 Å². The first-order valence-corrected chi connectivity index (χ1v) is 10.7. The van der Waals surface area contributed by atoms with Crippen LogP contribution in [0.4, 0.5) is 5.69 Å². The molecule has 3 aromatic rings. The van der Waals surface area contributed by atoms with Crippen molar-refractivity contribution in [1.29, 1.82) is 0 Å². The molecule has 0 saturated heterocycles. The number of aromatic nitrogens is 2. The number of nitrogens with zero attached hydrogens (tertiary/aromatic N) is 2. The van der Waals surface area contributed by atoms with Gasteiger partial charge in [0.05, 0.1) is 18.1 Å². The predicted octanol–water partition coefficient (Wildman–Crippen LogP) is 5.36. The van der Waals surface area contributed by atoms with Crippen LogP contribution in [0.5, 0.6) is 5.75 Å². The van der Waals surface area contributed by atoms with Gasteiger partial charge in [-0.15, -0.1) is 0 Å². The predicted molar refractivity (Wildman–Crippen MR) is 118 cm³/mol. The summed E-state index contributed by atoms with van der Waals surface area (Å²) in [7, 11) is 0. The number of hydrogen-bond acceptors (Lipinski definition) is 5. The molecule has 29 heavy (non-hydrogen) atoms. The van der Waals surface area contributed by atoms with Crippen LogP contribution in [-0.4, -0.2) is 28.2 Å². The molecule has 0 fully saturated rings. The summed E-state index contributed by atoms with van der Waals surface area (Å²) in [6.45, 7) is 4.77. The van der Waals surface area contributed by atoms with Crippen LogP contribution in [0, 0.1) is 6.92 Å². The molecule has 1 amide bonds. The molecule has 1 heterocycles. The highest BCUT2D eigenvalue weighted by Gasteiger charge is 2.09. The Hall–Kier alpha value is -2.86. The quantitative estimate of drug-likeness (QED) is 0.294. The molecule has 3 rings (SSSR count). The molecule has 0 unspecified atom stereocenters. The molecular weight excluding hydrogens is 382 g/mol. The Morgan fingerprint density at radius 3 is 2.55 bits per heavy atom. The lowest BCUT2D eigenvalue weighted by Crippen LogP contribution is -2.14. The molecular formula is C23H25N3O2S. The van der Waals surface area contributed by atoms with Gasteiger partial charge in [-0.3, -0.25) is 4.79 Å². The highest BCUT2D eigenvalue weighted by atomic mass is 32.2. The van der Waals surface area contributed by atoms with Crippen molar-refractivity contribution in [1.82, 2.24) is 9.97 Å². The van der Waals surface area contributed by atoms with E-state index in [9.17, 15) is 4.79 Å². The van der Waals surface area contributed by atoms with Crippen LogP contribution in [0.25, 0.3) is 11.3 Å². The molecule has 0 bridgehead atoms. The lowest BCUT2D eigenvalue weighted by atomic mass is 10.1. The van der Waals surface area contributed by atoms with E-state index in [1.54, 1.807) is 0 Å². The Balaban J connectivity index is 1.55. The zero-order valence-corrected chi connectivity index (χ0v) is 17.5. The van der Waals surface area contributed by atoms with E-state index in [0.717, 1.165) is 41.2 Å².